The van der Waals surface area contributed by atoms with E-state index in [0.29, 0.717) is 5.56 Å². The normalized spacial score (nSPS) is 11.2. The van der Waals surface area contributed by atoms with Crippen molar-refractivity contribution in [3.63, 3.8) is 0 Å². The molecule has 98 valence electrons. The predicted molar refractivity (Wildman–Crippen MR) is 80.2 cm³/mol. The maximum absolute atomic E-state index is 12.2. The highest BCUT2D eigenvalue weighted by atomic mass is 79.9. The lowest BCUT2D eigenvalue weighted by Gasteiger charge is -1.98. The fourth-order valence-electron chi connectivity index (χ4n) is 1.99. The molecule has 0 aliphatic heterocycles. The summed E-state index contributed by atoms with van der Waals surface area (Å²) in [6.07, 6.45) is 3.41. The fraction of sp³-hybridized carbons (Fsp3) is 0.200. The molecule has 0 spiro atoms. The molecular formula is C15H15BrN2O. The minimum Gasteiger partial charge on any atom is -0.289 e. The molecule has 0 saturated carbocycles. The Kier molecular flexibility index (Phi) is 4.00. The smallest absolute Gasteiger partial charge is 0.189 e. The average Bonchev–Trinajstić information content (AvgIpc) is 2.62. The standard InChI is InChI=1S/C15H15BrN2O/c1-10-15(11(2)18(3)17-10)14(19)9-8-12-6-4-5-7-13(12)16/h4-9H,1-3H3/b9-8+. The number of hydrogen-bond donors (Lipinski definition) is 0. The zero-order valence-corrected chi connectivity index (χ0v) is 12.7. The van der Waals surface area contributed by atoms with E-state index in [1.54, 1.807) is 10.8 Å². The highest BCUT2D eigenvalue weighted by molar-refractivity contribution is 9.10. The maximum atomic E-state index is 12.2. The molecule has 1 heterocycles. The lowest BCUT2D eigenvalue weighted by Crippen LogP contribution is -1.99. The monoisotopic (exact) mass is 318 g/mol. The van der Waals surface area contributed by atoms with E-state index in [4.69, 9.17) is 0 Å². The van der Waals surface area contributed by atoms with Gasteiger partial charge in [0, 0.05) is 17.2 Å². The lowest BCUT2D eigenvalue weighted by atomic mass is 10.1. The zero-order chi connectivity index (χ0) is 14.0. The number of halogens is 1. The van der Waals surface area contributed by atoms with Gasteiger partial charge in [-0.1, -0.05) is 34.1 Å². The molecule has 2 rings (SSSR count). The Morgan fingerprint density at radius 1 is 1.32 bits per heavy atom. The molecule has 0 atom stereocenters. The molecule has 0 aliphatic rings. The Balaban J connectivity index is 2.29. The van der Waals surface area contributed by atoms with Crippen LogP contribution in [0.5, 0.6) is 0 Å². The van der Waals surface area contributed by atoms with Crippen LogP contribution < -0.4 is 0 Å². The number of ketones is 1. The lowest BCUT2D eigenvalue weighted by molar-refractivity contribution is 0.104. The van der Waals surface area contributed by atoms with E-state index in [0.717, 1.165) is 21.4 Å². The number of allylic oxidation sites excluding steroid dienone is 1. The van der Waals surface area contributed by atoms with Crippen LogP contribution in [0.2, 0.25) is 0 Å². The molecule has 3 nitrogen and oxygen atoms in total. The minimum absolute atomic E-state index is 0.0150. The van der Waals surface area contributed by atoms with Crippen molar-refractivity contribution in [1.29, 1.82) is 0 Å². The molecule has 0 fully saturated rings. The minimum atomic E-state index is -0.0150. The number of rotatable bonds is 3. The fourth-order valence-corrected chi connectivity index (χ4v) is 2.41. The van der Waals surface area contributed by atoms with Crippen molar-refractivity contribution in [2.24, 2.45) is 7.05 Å². The van der Waals surface area contributed by atoms with Crippen LogP contribution in [0, 0.1) is 13.8 Å². The predicted octanol–water partition coefficient (Wildman–Crippen LogP) is 3.70. The third-order valence-electron chi connectivity index (χ3n) is 3.07. The van der Waals surface area contributed by atoms with Gasteiger partial charge in [-0.25, -0.2) is 0 Å². The van der Waals surface area contributed by atoms with E-state index in [1.165, 1.54) is 0 Å². The molecule has 1 aromatic heterocycles. The van der Waals surface area contributed by atoms with Crippen molar-refractivity contribution in [3.8, 4) is 0 Å². The molecule has 0 radical (unpaired) electrons. The first-order chi connectivity index (χ1) is 9.00. The van der Waals surface area contributed by atoms with Gasteiger partial charge in [-0.15, -0.1) is 0 Å². The van der Waals surface area contributed by atoms with Gasteiger partial charge in [0.1, 0.15) is 0 Å². The molecule has 0 aliphatic carbocycles. The van der Waals surface area contributed by atoms with E-state index in [9.17, 15) is 4.79 Å². The van der Waals surface area contributed by atoms with Gasteiger partial charge in [-0.3, -0.25) is 9.48 Å². The first-order valence-electron chi connectivity index (χ1n) is 5.98. The molecule has 19 heavy (non-hydrogen) atoms. The average molecular weight is 319 g/mol. The van der Waals surface area contributed by atoms with Crippen molar-refractivity contribution >= 4 is 27.8 Å². The molecule has 0 bridgehead atoms. The quantitative estimate of drug-likeness (QED) is 0.639. The van der Waals surface area contributed by atoms with Crippen LogP contribution in [-0.2, 0) is 7.05 Å². The van der Waals surface area contributed by atoms with Gasteiger partial charge in [0.25, 0.3) is 0 Å². The third kappa shape index (κ3) is 2.84. The molecule has 4 heteroatoms. The molecule has 0 saturated heterocycles. The summed E-state index contributed by atoms with van der Waals surface area (Å²) >= 11 is 3.46. The van der Waals surface area contributed by atoms with Crippen molar-refractivity contribution in [3.05, 3.63) is 57.3 Å². The number of hydrogen-bond acceptors (Lipinski definition) is 2. The summed E-state index contributed by atoms with van der Waals surface area (Å²) < 4.78 is 2.70. The van der Waals surface area contributed by atoms with Gasteiger partial charge in [-0.05, 0) is 37.6 Å². The Labute approximate surface area is 121 Å². The van der Waals surface area contributed by atoms with Crippen LogP contribution in [0.3, 0.4) is 0 Å². The van der Waals surface area contributed by atoms with E-state index in [2.05, 4.69) is 21.0 Å². The van der Waals surface area contributed by atoms with E-state index < -0.39 is 0 Å². The number of aryl methyl sites for hydroxylation is 2. The Morgan fingerprint density at radius 3 is 2.58 bits per heavy atom. The molecule has 0 N–H and O–H groups in total. The summed E-state index contributed by atoms with van der Waals surface area (Å²) in [7, 11) is 1.84. The van der Waals surface area contributed by atoms with E-state index >= 15 is 0 Å². The second-order valence-electron chi connectivity index (χ2n) is 4.39. The van der Waals surface area contributed by atoms with Crippen LogP contribution in [0.15, 0.2) is 34.8 Å². The zero-order valence-electron chi connectivity index (χ0n) is 11.1. The highest BCUT2D eigenvalue weighted by Crippen LogP contribution is 2.18. The Morgan fingerprint density at radius 2 is 2.00 bits per heavy atom. The van der Waals surface area contributed by atoms with Gasteiger partial charge < -0.3 is 0 Å². The summed E-state index contributed by atoms with van der Waals surface area (Å²) in [5, 5.41) is 4.26. The van der Waals surface area contributed by atoms with Crippen LogP contribution in [0.1, 0.15) is 27.3 Å². The summed E-state index contributed by atoms with van der Waals surface area (Å²) in [4.78, 5) is 12.2. The first kappa shape index (κ1) is 13.7. The van der Waals surface area contributed by atoms with Crippen LogP contribution in [0.25, 0.3) is 6.08 Å². The molecular weight excluding hydrogens is 304 g/mol. The van der Waals surface area contributed by atoms with Crippen LogP contribution >= 0.6 is 15.9 Å². The van der Waals surface area contributed by atoms with Gasteiger partial charge >= 0.3 is 0 Å². The topological polar surface area (TPSA) is 34.9 Å². The Bertz CT molecular complexity index is 656. The van der Waals surface area contributed by atoms with E-state index in [1.807, 2.05) is 51.2 Å². The second-order valence-corrected chi connectivity index (χ2v) is 5.24. The van der Waals surface area contributed by atoms with Crippen molar-refractivity contribution < 1.29 is 4.79 Å². The Hall–Kier alpha value is -1.68. The summed E-state index contributed by atoms with van der Waals surface area (Å²) in [5.74, 6) is -0.0150. The SMILES string of the molecule is Cc1nn(C)c(C)c1C(=O)/C=C/c1ccccc1Br. The number of nitrogens with zero attached hydrogens (tertiary/aromatic N) is 2. The van der Waals surface area contributed by atoms with Gasteiger partial charge in [0.15, 0.2) is 5.78 Å². The van der Waals surface area contributed by atoms with Crippen molar-refractivity contribution in [1.82, 2.24) is 9.78 Å². The largest absolute Gasteiger partial charge is 0.289 e. The van der Waals surface area contributed by atoms with Gasteiger partial charge in [0.05, 0.1) is 11.3 Å². The van der Waals surface area contributed by atoms with Crippen LogP contribution in [-0.4, -0.2) is 15.6 Å². The van der Waals surface area contributed by atoms with Crippen molar-refractivity contribution in [2.45, 2.75) is 13.8 Å². The second kappa shape index (κ2) is 5.53. The third-order valence-corrected chi connectivity index (χ3v) is 3.80. The van der Waals surface area contributed by atoms with Crippen LogP contribution in [0.4, 0.5) is 0 Å². The highest BCUT2D eigenvalue weighted by Gasteiger charge is 2.14. The molecule has 0 unspecified atom stereocenters. The number of aromatic nitrogens is 2. The first-order valence-corrected chi connectivity index (χ1v) is 6.77. The summed E-state index contributed by atoms with van der Waals surface area (Å²) in [5.41, 5.74) is 3.32. The van der Waals surface area contributed by atoms with Crippen molar-refractivity contribution in [2.75, 3.05) is 0 Å². The number of carbonyl (C=O) groups is 1. The van der Waals surface area contributed by atoms with Gasteiger partial charge in [0.2, 0.25) is 0 Å². The summed E-state index contributed by atoms with van der Waals surface area (Å²) in [6, 6.07) is 7.79. The molecule has 0 amide bonds. The molecule has 1 aromatic carbocycles. The van der Waals surface area contributed by atoms with Gasteiger partial charge in [-0.2, -0.15) is 5.10 Å². The summed E-state index contributed by atoms with van der Waals surface area (Å²) in [6.45, 7) is 3.76. The van der Waals surface area contributed by atoms with E-state index in [-0.39, 0.29) is 5.78 Å². The number of benzene rings is 1. The maximum Gasteiger partial charge on any atom is 0.189 e. The number of carbonyl (C=O) groups excluding carboxylic acids is 1. The molecule has 2 aromatic rings.